The number of carbonyl (C=O) groups is 1. The first-order valence-electron chi connectivity index (χ1n) is 9.42. The van der Waals surface area contributed by atoms with Gasteiger partial charge in [0.1, 0.15) is 5.56 Å². The molecule has 11 heteroatoms. The van der Waals surface area contributed by atoms with Crippen molar-refractivity contribution in [1.29, 1.82) is 0 Å². The number of amides is 1. The van der Waals surface area contributed by atoms with Gasteiger partial charge in [0.25, 0.3) is 11.2 Å². The van der Waals surface area contributed by atoms with Crippen molar-refractivity contribution in [3.63, 3.8) is 0 Å². The van der Waals surface area contributed by atoms with Crippen molar-refractivity contribution in [2.75, 3.05) is 0 Å². The Balaban J connectivity index is 2.03. The Kier molecular flexibility index (Phi) is 6.11. The van der Waals surface area contributed by atoms with Gasteiger partial charge in [0, 0.05) is 32.0 Å². The third-order valence-electron chi connectivity index (χ3n) is 4.92. The average molecular weight is 431 g/mol. The van der Waals surface area contributed by atoms with E-state index >= 15 is 0 Å². The minimum atomic E-state index is -0.586. The third-order valence-corrected chi connectivity index (χ3v) is 5.24. The Morgan fingerprint density at radius 1 is 1.40 bits per heavy atom. The summed E-state index contributed by atoms with van der Waals surface area (Å²) in [5.41, 5.74) is 0.184. The highest BCUT2D eigenvalue weighted by Gasteiger charge is 2.34. The number of unbranched alkanes of at least 4 members (excludes halogenated alkanes) is 1. The van der Waals surface area contributed by atoms with Crippen LogP contribution in [0.25, 0.3) is 0 Å². The standard InChI is InChI=1S/C19H21N5O5S/c1-3-4-9-22-18(27)16(17(26)20-19(22)30)14-10-15(23(21-14)11(2)25)12-5-7-13(8-6-12)24(28)29/h5-8,15,27H,3-4,9-10H2,1-2H3,(H,20,26,30)/t15-/m1/s1. The van der Waals surface area contributed by atoms with Gasteiger partial charge in [0.05, 0.1) is 16.7 Å². The third kappa shape index (κ3) is 4.01. The molecule has 0 fully saturated rings. The quantitative estimate of drug-likeness (QED) is 0.410. The number of benzene rings is 1. The number of hydrogen-bond donors (Lipinski definition) is 2. The van der Waals surface area contributed by atoms with Crippen molar-refractivity contribution < 1.29 is 14.8 Å². The second kappa shape index (κ2) is 8.57. The minimum absolute atomic E-state index is 0.0321. The number of non-ortho nitro benzene ring substituents is 1. The summed E-state index contributed by atoms with van der Waals surface area (Å²) in [6.07, 6.45) is 1.79. The summed E-state index contributed by atoms with van der Waals surface area (Å²) >= 11 is 5.16. The van der Waals surface area contributed by atoms with Gasteiger partial charge in [-0.25, -0.2) is 5.01 Å². The van der Waals surface area contributed by atoms with Gasteiger partial charge in [0.15, 0.2) is 4.77 Å². The zero-order chi connectivity index (χ0) is 22.0. The Labute approximate surface area is 176 Å². The number of nitrogens with one attached hydrogen (secondary N) is 1. The predicted octanol–water partition coefficient (Wildman–Crippen LogP) is 3.02. The van der Waals surface area contributed by atoms with Crippen molar-refractivity contribution in [2.45, 2.75) is 45.7 Å². The van der Waals surface area contributed by atoms with Gasteiger partial charge in [-0.1, -0.05) is 25.5 Å². The molecule has 0 spiro atoms. The maximum absolute atomic E-state index is 12.6. The number of hydrogen-bond acceptors (Lipinski definition) is 7. The van der Waals surface area contributed by atoms with E-state index in [1.807, 2.05) is 6.92 Å². The summed E-state index contributed by atoms with van der Waals surface area (Å²) in [4.78, 5) is 37.7. The Morgan fingerprint density at radius 2 is 2.07 bits per heavy atom. The largest absolute Gasteiger partial charge is 0.494 e. The fourth-order valence-electron chi connectivity index (χ4n) is 3.37. The number of nitro groups is 1. The maximum Gasteiger partial charge on any atom is 0.269 e. The van der Waals surface area contributed by atoms with Crippen LogP contribution >= 0.6 is 12.2 Å². The number of rotatable bonds is 6. The molecule has 1 amide bonds. The van der Waals surface area contributed by atoms with E-state index in [2.05, 4.69) is 10.1 Å². The van der Waals surface area contributed by atoms with Crippen LogP contribution < -0.4 is 5.56 Å². The predicted molar refractivity (Wildman–Crippen MR) is 112 cm³/mol. The lowest BCUT2D eigenvalue weighted by molar-refractivity contribution is -0.384. The summed E-state index contributed by atoms with van der Waals surface area (Å²) in [5.74, 6) is -0.646. The molecule has 2 aromatic rings. The molecule has 0 radical (unpaired) electrons. The van der Waals surface area contributed by atoms with Gasteiger partial charge in [-0.15, -0.1) is 0 Å². The van der Waals surface area contributed by atoms with E-state index in [0.717, 1.165) is 12.8 Å². The molecule has 2 heterocycles. The first kappa shape index (κ1) is 21.4. The van der Waals surface area contributed by atoms with Gasteiger partial charge in [-0.3, -0.25) is 29.3 Å². The maximum atomic E-state index is 12.6. The zero-order valence-electron chi connectivity index (χ0n) is 16.5. The highest BCUT2D eigenvalue weighted by Crippen LogP contribution is 2.34. The van der Waals surface area contributed by atoms with E-state index in [1.54, 1.807) is 12.1 Å². The second-order valence-corrected chi connectivity index (χ2v) is 7.33. The molecule has 1 aliphatic rings. The van der Waals surface area contributed by atoms with Crippen molar-refractivity contribution in [3.8, 4) is 5.88 Å². The Morgan fingerprint density at radius 3 is 2.63 bits per heavy atom. The normalized spacial score (nSPS) is 15.9. The smallest absolute Gasteiger partial charge is 0.269 e. The molecule has 0 aliphatic carbocycles. The van der Waals surface area contributed by atoms with Gasteiger partial charge in [-0.05, 0) is 24.2 Å². The molecule has 0 unspecified atom stereocenters. The molecule has 0 bridgehead atoms. The fraction of sp³-hybridized carbons (Fsp3) is 0.368. The first-order chi connectivity index (χ1) is 14.2. The monoisotopic (exact) mass is 431 g/mol. The van der Waals surface area contributed by atoms with E-state index in [4.69, 9.17) is 12.2 Å². The number of aromatic nitrogens is 2. The molecule has 0 saturated heterocycles. The van der Waals surface area contributed by atoms with E-state index in [-0.39, 0.29) is 39.9 Å². The lowest BCUT2D eigenvalue weighted by atomic mass is 9.99. The van der Waals surface area contributed by atoms with Crippen LogP contribution in [0.3, 0.4) is 0 Å². The van der Waals surface area contributed by atoms with Crippen LogP contribution in [0, 0.1) is 14.9 Å². The van der Waals surface area contributed by atoms with Crippen LogP contribution in [0.15, 0.2) is 34.2 Å². The van der Waals surface area contributed by atoms with E-state index in [1.165, 1.54) is 28.6 Å². The van der Waals surface area contributed by atoms with Crippen LogP contribution in [0.5, 0.6) is 5.88 Å². The molecule has 3 rings (SSSR count). The van der Waals surface area contributed by atoms with Crippen molar-refractivity contribution in [1.82, 2.24) is 14.6 Å². The van der Waals surface area contributed by atoms with Crippen LogP contribution in [0.1, 0.15) is 50.3 Å². The van der Waals surface area contributed by atoms with Crippen molar-refractivity contribution in [2.24, 2.45) is 5.10 Å². The lowest BCUT2D eigenvalue weighted by Gasteiger charge is -2.20. The van der Waals surface area contributed by atoms with Gasteiger partial charge < -0.3 is 5.11 Å². The molecule has 30 heavy (non-hydrogen) atoms. The number of nitrogens with zero attached hydrogens (tertiary/aromatic N) is 4. The number of aromatic hydroxyl groups is 1. The van der Waals surface area contributed by atoms with Crippen LogP contribution in [-0.2, 0) is 11.3 Å². The van der Waals surface area contributed by atoms with Crippen molar-refractivity contribution in [3.05, 3.63) is 60.6 Å². The highest BCUT2D eigenvalue weighted by atomic mass is 32.1. The molecule has 1 aromatic heterocycles. The topological polar surface area (TPSA) is 134 Å². The van der Waals surface area contributed by atoms with E-state index in [9.17, 15) is 24.8 Å². The number of nitro benzene ring substituents is 1. The molecule has 158 valence electrons. The fourth-order valence-corrected chi connectivity index (χ4v) is 3.64. The van der Waals surface area contributed by atoms with Gasteiger partial charge >= 0.3 is 0 Å². The summed E-state index contributed by atoms with van der Waals surface area (Å²) in [6, 6.07) is 5.25. The SMILES string of the molecule is CCCCn1c(O)c(C2=NN(C(C)=O)[C@@H](c3ccc([N+](=O)[O-])cc3)C2)c(=O)[nH]c1=S. The molecule has 2 N–H and O–H groups in total. The summed E-state index contributed by atoms with van der Waals surface area (Å²) in [7, 11) is 0. The van der Waals surface area contributed by atoms with E-state index in [0.29, 0.717) is 12.1 Å². The van der Waals surface area contributed by atoms with Crippen LogP contribution in [0.4, 0.5) is 5.69 Å². The van der Waals surface area contributed by atoms with Crippen LogP contribution in [0.2, 0.25) is 0 Å². The van der Waals surface area contributed by atoms with E-state index < -0.39 is 16.5 Å². The molecule has 1 atom stereocenters. The Hall–Kier alpha value is -3.34. The average Bonchev–Trinajstić information content (AvgIpc) is 3.13. The molecule has 0 saturated carbocycles. The molecular weight excluding hydrogens is 410 g/mol. The zero-order valence-corrected chi connectivity index (χ0v) is 17.3. The Bertz CT molecular complexity index is 1140. The second-order valence-electron chi connectivity index (χ2n) is 6.94. The number of aromatic amines is 1. The number of hydrazone groups is 1. The van der Waals surface area contributed by atoms with Gasteiger partial charge in [0.2, 0.25) is 11.8 Å². The molecule has 1 aromatic carbocycles. The summed E-state index contributed by atoms with van der Waals surface area (Å²) in [5, 5.41) is 27.1. The van der Waals surface area contributed by atoms with Crippen LogP contribution in [-0.4, -0.2) is 36.2 Å². The lowest BCUT2D eigenvalue weighted by Crippen LogP contribution is -2.24. The minimum Gasteiger partial charge on any atom is -0.494 e. The van der Waals surface area contributed by atoms with Crippen molar-refractivity contribution >= 4 is 29.5 Å². The summed E-state index contributed by atoms with van der Waals surface area (Å²) in [6.45, 7) is 3.76. The highest BCUT2D eigenvalue weighted by molar-refractivity contribution is 7.71. The number of carbonyl (C=O) groups excluding carboxylic acids is 1. The summed E-state index contributed by atoms with van der Waals surface area (Å²) < 4.78 is 1.55. The molecule has 10 nitrogen and oxygen atoms in total. The number of H-pyrrole nitrogens is 1. The first-order valence-corrected chi connectivity index (χ1v) is 9.83. The molecule has 1 aliphatic heterocycles. The molecular formula is C19H21N5O5S. The van der Waals surface area contributed by atoms with Gasteiger partial charge in [-0.2, -0.15) is 5.10 Å².